The lowest BCUT2D eigenvalue weighted by molar-refractivity contribution is 0.418. The molecule has 0 bridgehead atoms. The summed E-state index contributed by atoms with van der Waals surface area (Å²) in [6.07, 6.45) is 6.68. The minimum absolute atomic E-state index is 0.595. The van der Waals surface area contributed by atoms with Crippen LogP contribution in [-0.2, 0) is 0 Å². The third kappa shape index (κ3) is 3.28. The fourth-order valence-electron chi connectivity index (χ4n) is 2.11. The van der Waals surface area contributed by atoms with Crippen molar-refractivity contribution in [3.05, 3.63) is 35.4 Å². The summed E-state index contributed by atoms with van der Waals surface area (Å²) >= 11 is 4.19. The molecule has 0 aromatic heterocycles. The van der Waals surface area contributed by atoms with E-state index in [0.717, 1.165) is 17.4 Å². The maximum absolute atomic E-state index is 5.38. The van der Waals surface area contributed by atoms with Gasteiger partial charge in [0.25, 0.3) is 0 Å². The Bertz CT molecular complexity index is 408. The van der Waals surface area contributed by atoms with Crippen LogP contribution < -0.4 is 0 Å². The van der Waals surface area contributed by atoms with Crippen molar-refractivity contribution in [2.75, 3.05) is 11.5 Å². The summed E-state index contributed by atoms with van der Waals surface area (Å²) in [4.78, 5) is 0. The summed E-state index contributed by atoms with van der Waals surface area (Å²) in [5.41, 5.74) is 2.38. The number of hydrogen-bond acceptors (Lipinski definition) is 2. The zero-order valence-electron chi connectivity index (χ0n) is 11.1. The molecule has 1 unspecified atom stereocenters. The van der Waals surface area contributed by atoms with Gasteiger partial charge in [-0.3, -0.25) is 0 Å². The lowest BCUT2D eigenvalue weighted by Crippen LogP contribution is -2.21. The minimum Gasteiger partial charge on any atom is -0.142 e. The molecule has 2 heteroatoms. The molecule has 2 rings (SSSR count). The van der Waals surface area contributed by atoms with Gasteiger partial charge in [0.05, 0.1) is 4.58 Å². The number of benzene rings is 1. The van der Waals surface area contributed by atoms with Crippen molar-refractivity contribution < 1.29 is 0 Å². The van der Waals surface area contributed by atoms with E-state index in [1.54, 1.807) is 0 Å². The molecule has 0 spiro atoms. The summed E-state index contributed by atoms with van der Waals surface area (Å²) in [5.74, 6) is 7.00. The zero-order chi connectivity index (χ0) is 13.0. The Labute approximate surface area is 119 Å². The number of thioether (sulfide) groups is 2. The van der Waals surface area contributed by atoms with E-state index in [2.05, 4.69) is 67.6 Å². The van der Waals surface area contributed by atoms with Gasteiger partial charge in [0, 0.05) is 5.56 Å². The molecule has 0 aliphatic carbocycles. The van der Waals surface area contributed by atoms with E-state index in [-0.39, 0.29) is 0 Å². The normalized spacial score (nSPS) is 25.4. The van der Waals surface area contributed by atoms with Crippen molar-refractivity contribution in [1.82, 2.24) is 0 Å². The Morgan fingerprint density at radius 3 is 2.39 bits per heavy atom. The molecular formula is C16H20S2. The lowest BCUT2D eigenvalue weighted by Gasteiger charge is -2.31. The maximum atomic E-state index is 5.38. The van der Waals surface area contributed by atoms with Gasteiger partial charge in [0.1, 0.15) is 0 Å². The van der Waals surface area contributed by atoms with Crippen molar-refractivity contribution in [3.63, 3.8) is 0 Å². The lowest BCUT2D eigenvalue weighted by atomic mass is 9.95. The first kappa shape index (κ1) is 13.9. The quantitative estimate of drug-likeness (QED) is 0.727. The first-order chi connectivity index (χ1) is 8.74. The Hall–Kier alpha value is -0.520. The van der Waals surface area contributed by atoms with E-state index in [4.69, 9.17) is 6.42 Å². The summed E-state index contributed by atoms with van der Waals surface area (Å²) < 4.78 is 0.595. The largest absolute Gasteiger partial charge is 0.142 e. The van der Waals surface area contributed by atoms with Crippen LogP contribution in [0.2, 0.25) is 0 Å². The van der Waals surface area contributed by atoms with Crippen LogP contribution in [0.5, 0.6) is 0 Å². The molecule has 0 saturated carbocycles. The maximum Gasteiger partial charge on any atom is 0.0751 e. The molecule has 0 radical (unpaired) electrons. The van der Waals surface area contributed by atoms with Gasteiger partial charge in [-0.25, -0.2) is 0 Å². The molecule has 1 aromatic rings. The molecule has 18 heavy (non-hydrogen) atoms. The van der Waals surface area contributed by atoms with E-state index in [1.165, 1.54) is 23.5 Å². The SMILES string of the molecule is C#Cc1ccc(C2SCC(C(C)CC)CS2)cc1. The third-order valence-electron chi connectivity index (χ3n) is 3.72. The van der Waals surface area contributed by atoms with E-state index >= 15 is 0 Å². The topological polar surface area (TPSA) is 0 Å². The molecule has 1 heterocycles. The van der Waals surface area contributed by atoms with Crippen molar-refractivity contribution in [3.8, 4) is 12.3 Å². The second kappa shape index (κ2) is 6.59. The van der Waals surface area contributed by atoms with Gasteiger partial charge >= 0.3 is 0 Å². The summed E-state index contributed by atoms with van der Waals surface area (Å²) in [5, 5.41) is 0. The van der Waals surface area contributed by atoms with Gasteiger partial charge in [0.2, 0.25) is 0 Å². The second-order valence-electron chi connectivity index (χ2n) is 4.91. The highest BCUT2D eigenvalue weighted by molar-refractivity contribution is 8.16. The highest BCUT2D eigenvalue weighted by atomic mass is 32.2. The smallest absolute Gasteiger partial charge is 0.0751 e. The van der Waals surface area contributed by atoms with Crippen LogP contribution >= 0.6 is 23.5 Å². The van der Waals surface area contributed by atoms with Crippen LogP contribution in [-0.4, -0.2) is 11.5 Å². The first-order valence-electron chi connectivity index (χ1n) is 6.54. The average molecular weight is 276 g/mol. The fraction of sp³-hybridized carbons (Fsp3) is 0.500. The molecule has 1 aliphatic rings. The van der Waals surface area contributed by atoms with Crippen LogP contribution in [0.3, 0.4) is 0 Å². The molecule has 1 aliphatic heterocycles. The number of hydrogen-bond donors (Lipinski definition) is 0. The summed E-state index contributed by atoms with van der Waals surface area (Å²) in [6.45, 7) is 4.68. The van der Waals surface area contributed by atoms with Gasteiger partial charge in [-0.2, -0.15) is 0 Å². The summed E-state index contributed by atoms with van der Waals surface area (Å²) in [7, 11) is 0. The van der Waals surface area contributed by atoms with Crippen LogP contribution in [0.25, 0.3) is 0 Å². The molecular weight excluding hydrogens is 256 g/mol. The molecule has 0 amide bonds. The molecule has 96 valence electrons. The van der Waals surface area contributed by atoms with Gasteiger partial charge in [-0.05, 0) is 41.0 Å². The van der Waals surface area contributed by atoms with Crippen LogP contribution in [0.4, 0.5) is 0 Å². The molecule has 1 atom stereocenters. The van der Waals surface area contributed by atoms with E-state index in [1.807, 2.05) is 0 Å². The highest BCUT2D eigenvalue weighted by Gasteiger charge is 2.26. The highest BCUT2D eigenvalue weighted by Crippen LogP contribution is 2.47. The van der Waals surface area contributed by atoms with Gasteiger partial charge in [0.15, 0.2) is 0 Å². The fourth-order valence-corrected chi connectivity index (χ4v) is 5.55. The Kier molecular flexibility index (Phi) is 5.09. The monoisotopic (exact) mass is 276 g/mol. The van der Waals surface area contributed by atoms with Crippen LogP contribution in [0.1, 0.15) is 36.0 Å². The molecule has 0 nitrogen and oxygen atoms in total. The molecule has 1 fully saturated rings. The average Bonchev–Trinajstić information content (AvgIpc) is 2.47. The van der Waals surface area contributed by atoms with Crippen molar-refractivity contribution in [2.24, 2.45) is 11.8 Å². The molecule has 1 saturated heterocycles. The van der Waals surface area contributed by atoms with Crippen molar-refractivity contribution >= 4 is 23.5 Å². The van der Waals surface area contributed by atoms with Crippen LogP contribution in [0, 0.1) is 24.2 Å². The predicted octanol–water partition coefficient (Wildman–Crippen LogP) is 4.81. The number of rotatable bonds is 3. The van der Waals surface area contributed by atoms with Crippen LogP contribution in [0.15, 0.2) is 24.3 Å². The number of terminal acetylenes is 1. The second-order valence-corrected chi connectivity index (χ2v) is 7.49. The Balaban J connectivity index is 1.95. The third-order valence-corrected chi connectivity index (χ3v) is 6.93. The standard InChI is InChI=1S/C16H20S2/c1-4-12(3)15-10-17-16(18-11-15)14-8-6-13(5-2)7-9-14/h2,6-9,12,15-16H,4,10-11H2,1,3H3. The molecule has 1 aromatic carbocycles. The van der Waals surface area contributed by atoms with Gasteiger partial charge in [-0.15, -0.1) is 29.9 Å². The van der Waals surface area contributed by atoms with Crippen molar-refractivity contribution in [2.45, 2.75) is 24.9 Å². The van der Waals surface area contributed by atoms with Crippen molar-refractivity contribution in [1.29, 1.82) is 0 Å². The Morgan fingerprint density at radius 2 is 1.89 bits per heavy atom. The molecule has 0 N–H and O–H groups in total. The van der Waals surface area contributed by atoms with Gasteiger partial charge in [-0.1, -0.05) is 38.3 Å². The minimum atomic E-state index is 0.595. The van der Waals surface area contributed by atoms with E-state index in [9.17, 15) is 0 Å². The predicted molar refractivity (Wildman–Crippen MR) is 85.0 cm³/mol. The zero-order valence-corrected chi connectivity index (χ0v) is 12.7. The van der Waals surface area contributed by atoms with Gasteiger partial charge < -0.3 is 0 Å². The first-order valence-corrected chi connectivity index (χ1v) is 8.64. The summed E-state index contributed by atoms with van der Waals surface area (Å²) in [6, 6.07) is 8.47. The van der Waals surface area contributed by atoms with E-state index in [0.29, 0.717) is 4.58 Å². The Morgan fingerprint density at radius 1 is 1.28 bits per heavy atom. The van der Waals surface area contributed by atoms with E-state index < -0.39 is 0 Å².